The van der Waals surface area contributed by atoms with Crippen molar-refractivity contribution >= 4 is 21.8 Å². The lowest BCUT2D eigenvalue weighted by Gasteiger charge is -2.32. The first-order chi connectivity index (χ1) is 14.8. The van der Waals surface area contributed by atoms with E-state index in [0.29, 0.717) is 0 Å². The zero-order valence-corrected chi connectivity index (χ0v) is 18.8. The van der Waals surface area contributed by atoms with Crippen LogP contribution in [-0.4, -0.2) is 62.8 Å². The Labute approximate surface area is 184 Å². The minimum Gasteiger partial charge on any atom is -0.369 e. The van der Waals surface area contributed by atoms with Gasteiger partial charge in [0.1, 0.15) is 0 Å². The average Bonchev–Trinajstić information content (AvgIpc) is 2.74. The maximum absolute atomic E-state index is 11.5. The van der Waals surface area contributed by atoms with E-state index >= 15 is 0 Å². The second-order valence-corrected chi connectivity index (χ2v) is 10.2. The SMILES string of the molecule is CN1CCN(Cc2ccc(C3=Cc4c(CNS(C)(=O)=O)cccc4C(O)N3)cc2)CC1. The lowest BCUT2D eigenvalue weighted by molar-refractivity contribution is 0.148. The zero-order chi connectivity index (χ0) is 22.0. The van der Waals surface area contributed by atoms with Crippen LogP contribution in [0.25, 0.3) is 11.8 Å². The van der Waals surface area contributed by atoms with E-state index in [-0.39, 0.29) is 6.54 Å². The van der Waals surface area contributed by atoms with Crippen LogP contribution in [0.2, 0.25) is 0 Å². The maximum Gasteiger partial charge on any atom is 0.209 e. The molecular formula is C23H30N4O3S. The van der Waals surface area contributed by atoms with Crippen molar-refractivity contribution < 1.29 is 13.5 Å². The molecule has 0 saturated carbocycles. The summed E-state index contributed by atoms with van der Waals surface area (Å²) < 4.78 is 25.6. The van der Waals surface area contributed by atoms with Gasteiger partial charge in [0.2, 0.25) is 10.0 Å². The van der Waals surface area contributed by atoms with E-state index in [2.05, 4.69) is 51.2 Å². The van der Waals surface area contributed by atoms with Gasteiger partial charge in [0.25, 0.3) is 0 Å². The molecule has 4 rings (SSSR count). The highest BCUT2D eigenvalue weighted by Gasteiger charge is 2.21. The fraction of sp³-hybridized carbons (Fsp3) is 0.391. The molecule has 2 heterocycles. The van der Waals surface area contributed by atoms with Crippen LogP contribution in [-0.2, 0) is 23.1 Å². The first-order valence-electron chi connectivity index (χ1n) is 10.5. The highest BCUT2D eigenvalue weighted by Crippen LogP contribution is 2.31. The van der Waals surface area contributed by atoms with Crippen LogP contribution >= 0.6 is 0 Å². The largest absolute Gasteiger partial charge is 0.369 e. The van der Waals surface area contributed by atoms with Gasteiger partial charge >= 0.3 is 0 Å². The Bertz CT molecular complexity index is 1060. The van der Waals surface area contributed by atoms with Gasteiger partial charge in [-0.25, -0.2) is 13.1 Å². The number of nitrogens with one attached hydrogen (secondary N) is 2. The second kappa shape index (κ2) is 9.10. The summed E-state index contributed by atoms with van der Waals surface area (Å²) in [5.74, 6) is 0. The van der Waals surface area contributed by atoms with Crippen LogP contribution in [0.1, 0.15) is 34.0 Å². The van der Waals surface area contributed by atoms with Crippen molar-refractivity contribution in [3.05, 3.63) is 70.3 Å². The number of fused-ring (bicyclic) bond motifs is 1. The van der Waals surface area contributed by atoms with Crippen molar-refractivity contribution in [3.8, 4) is 0 Å². The molecule has 0 bridgehead atoms. The lowest BCUT2D eigenvalue weighted by atomic mass is 9.94. The predicted octanol–water partition coefficient (Wildman–Crippen LogP) is 1.58. The summed E-state index contributed by atoms with van der Waals surface area (Å²) in [5.41, 5.74) is 5.48. The zero-order valence-electron chi connectivity index (χ0n) is 18.0. The number of hydrogen-bond donors (Lipinski definition) is 3. The van der Waals surface area contributed by atoms with Crippen molar-refractivity contribution in [2.45, 2.75) is 19.3 Å². The number of aliphatic hydroxyl groups excluding tert-OH is 1. The molecule has 1 unspecified atom stereocenters. The fourth-order valence-corrected chi connectivity index (χ4v) is 4.46. The average molecular weight is 443 g/mol. The summed E-state index contributed by atoms with van der Waals surface area (Å²) in [7, 11) is -1.14. The van der Waals surface area contributed by atoms with Crippen LogP contribution in [0.4, 0.5) is 0 Å². The number of likely N-dealkylation sites (N-methyl/N-ethyl adjacent to an activating group) is 1. The smallest absolute Gasteiger partial charge is 0.209 e. The van der Waals surface area contributed by atoms with E-state index in [1.165, 1.54) is 5.56 Å². The third-order valence-corrected chi connectivity index (χ3v) is 6.57. The van der Waals surface area contributed by atoms with Gasteiger partial charge in [-0.05, 0) is 35.4 Å². The third-order valence-electron chi connectivity index (χ3n) is 5.90. The monoisotopic (exact) mass is 442 g/mol. The van der Waals surface area contributed by atoms with E-state index in [0.717, 1.165) is 66.9 Å². The van der Waals surface area contributed by atoms with Gasteiger partial charge in [-0.1, -0.05) is 42.5 Å². The summed E-state index contributed by atoms with van der Waals surface area (Å²) in [6, 6.07) is 14.0. The fourth-order valence-electron chi connectivity index (χ4n) is 4.04. The van der Waals surface area contributed by atoms with Crippen LogP contribution in [0.3, 0.4) is 0 Å². The number of hydrogen-bond acceptors (Lipinski definition) is 6. The van der Waals surface area contributed by atoms with Crippen molar-refractivity contribution in [1.29, 1.82) is 0 Å². The molecule has 7 nitrogen and oxygen atoms in total. The normalized spacial score (nSPS) is 20.1. The van der Waals surface area contributed by atoms with Crippen LogP contribution in [0, 0.1) is 0 Å². The number of piperazine rings is 1. The molecule has 8 heteroatoms. The molecule has 0 amide bonds. The van der Waals surface area contributed by atoms with Crippen molar-refractivity contribution in [3.63, 3.8) is 0 Å². The molecule has 0 aromatic heterocycles. The van der Waals surface area contributed by atoms with Crippen LogP contribution in [0.5, 0.6) is 0 Å². The van der Waals surface area contributed by atoms with Gasteiger partial charge in [-0.15, -0.1) is 0 Å². The van der Waals surface area contributed by atoms with Crippen molar-refractivity contribution in [1.82, 2.24) is 19.8 Å². The maximum atomic E-state index is 11.5. The highest BCUT2D eigenvalue weighted by atomic mass is 32.2. The summed E-state index contributed by atoms with van der Waals surface area (Å²) in [6.45, 7) is 5.48. The van der Waals surface area contributed by atoms with E-state index in [4.69, 9.17) is 0 Å². The van der Waals surface area contributed by atoms with Gasteiger partial charge in [0, 0.05) is 50.5 Å². The topological polar surface area (TPSA) is 84.9 Å². The van der Waals surface area contributed by atoms with E-state index < -0.39 is 16.3 Å². The van der Waals surface area contributed by atoms with Crippen molar-refractivity contribution in [2.75, 3.05) is 39.5 Å². The van der Waals surface area contributed by atoms with Gasteiger partial charge in [-0.3, -0.25) is 4.90 Å². The van der Waals surface area contributed by atoms with Crippen LogP contribution < -0.4 is 10.0 Å². The number of rotatable bonds is 6. The minimum atomic E-state index is -3.30. The summed E-state index contributed by atoms with van der Waals surface area (Å²) in [4.78, 5) is 4.82. The molecule has 0 spiro atoms. The molecule has 1 fully saturated rings. The predicted molar refractivity (Wildman–Crippen MR) is 123 cm³/mol. The third kappa shape index (κ3) is 5.53. The Kier molecular flexibility index (Phi) is 6.45. The molecule has 2 aliphatic rings. The molecule has 1 saturated heterocycles. The van der Waals surface area contributed by atoms with Gasteiger partial charge in [0.15, 0.2) is 6.23 Å². The van der Waals surface area contributed by atoms with Gasteiger partial charge in [-0.2, -0.15) is 0 Å². The summed E-state index contributed by atoms with van der Waals surface area (Å²) in [6.07, 6.45) is 2.28. The Morgan fingerprint density at radius 2 is 1.81 bits per heavy atom. The molecule has 2 aliphatic heterocycles. The molecule has 166 valence electrons. The Balaban J connectivity index is 1.53. The van der Waals surface area contributed by atoms with Gasteiger partial charge < -0.3 is 15.3 Å². The molecule has 0 aliphatic carbocycles. The number of benzene rings is 2. The van der Waals surface area contributed by atoms with E-state index in [1.807, 2.05) is 24.3 Å². The van der Waals surface area contributed by atoms with Gasteiger partial charge in [0.05, 0.1) is 6.26 Å². The second-order valence-electron chi connectivity index (χ2n) is 8.39. The highest BCUT2D eigenvalue weighted by molar-refractivity contribution is 7.88. The van der Waals surface area contributed by atoms with Crippen molar-refractivity contribution in [2.24, 2.45) is 0 Å². The molecule has 0 radical (unpaired) electrons. The number of nitrogens with zero attached hydrogens (tertiary/aromatic N) is 2. The molecule has 2 aromatic rings. The Morgan fingerprint density at radius 3 is 2.48 bits per heavy atom. The Morgan fingerprint density at radius 1 is 1.10 bits per heavy atom. The quantitative estimate of drug-likeness (QED) is 0.630. The van der Waals surface area contributed by atoms with Crippen LogP contribution in [0.15, 0.2) is 42.5 Å². The first kappa shape index (κ1) is 22.0. The molecule has 1 atom stereocenters. The molecular weight excluding hydrogens is 412 g/mol. The molecule has 2 aromatic carbocycles. The number of sulfonamides is 1. The number of aliphatic hydroxyl groups is 1. The first-order valence-corrected chi connectivity index (χ1v) is 12.4. The van der Waals surface area contributed by atoms with E-state index in [1.54, 1.807) is 0 Å². The summed E-state index contributed by atoms with van der Waals surface area (Å²) >= 11 is 0. The lowest BCUT2D eigenvalue weighted by Crippen LogP contribution is -2.43. The molecule has 31 heavy (non-hydrogen) atoms. The molecule has 3 N–H and O–H groups in total. The standard InChI is InChI=1S/C23H30N4O3S/c1-26-10-12-27(13-11-26)16-17-6-8-18(9-7-17)22-14-21-19(15-24-31(2,29)30)4-3-5-20(21)23(28)25-22/h3-9,14,23-25,28H,10-13,15-16H2,1-2H3. The Hall–Kier alpha value is -2.23. The summed E-state index contributed by atoms with van der Waals surface area (Å²) in [5, 5.41) is 13.8. The minimum absolute atomic E-state index is 0.183. The van der Waals surface area contributed by atoms with E-state index in [9.17, 15) is 13.5 Å².